The lowest BCUT2D eigenvalue weighted by molar-refractivity contribution is 0.0938. The van der Waals surface area contributed by atoms with Gasteiger partial charge in [-0.15, -0.1) is 0 Å². The van der Waals surface area contributed by atoms with Gasteiger partial charge in [0.05, 0.1) is 12.1 Å². The van der Waals surface area contributed by atoms with Crippen LogP contribution in [-0.4, -0.2) is 23.7 Å². The number of anilines is 1. The van der Waals surface area contributed by atoms with E-state index in [0.717, 1.165) is 15.7 Å². The molecule has 0 radical (unpaired) electrons. The van der Waals surface area contributed by atoms with Crippen molar-refractivity contribution in [3.8, 4) is 0 Å². The highest BCUT2D eigenvalue weighted by molar-refractivity contribution is 9.10. The van der Waals surface area contributed by atoms with Gasteiger partial charge in [0.25, 0.3) is 5.91 Å². The average Bonchev–Trinajstić information content (AvgIpc) is 3.16. The molecule has 0 fully saturated rings. The third kappa shape index (κ3) is 3.61. The van der Waals surface area contributed by atoms with Gasteiger partial charge in [-0.3, -0.25) is 4.79 Å². The minimum Gasteiger partial charge on any atom is -0.391 e. The third-order valence-corrected chi connectivity index (χ3v) is 7.22. The van der Waals surface area contributed by atoms with Crippen molar-refractivity contribution in [3.05, 3.63) is 99.5 Å². The molecule has 0 aromatic heterocycles. The molecule has 1 aliphatic heterocycles. The number of carbonyl (C=O) groups is 1. The van der Waals surface area contributed by atoms with Crippen molar-refractivity contribution in [2.24, 2.45) is 0 Å². The number of aliphatic hydroxyl groups excluding tert-OH is 1. The van der Waals surface area contributed by atoms with Gasteiger partial charge in [-0.05, 0) is 54.3 Å². The van der Waals surface area contributed by atoms with Gasteiger partial charge in [0, 0.05) is 34.2 Å². The van der Waals surface area contributed by atoms with Gasteiger partial charge in [-0.2, -0.15) is 0 Å². The second-order valence-corrected chi connectivity index (χ2v) is 9.31. The summed E-state index contributed by atoms with van der Waals surface area (Å²) in [5.41, 5.74) is 5.09. The number of hydrogen-bond acceptors (Lipinski definition) is 3. The maximum atomic E-state index is 13.2. The van der Waals surface area contributed by atoms with Crippen molar-refractivity contribution in [1.82, 2.24) is 5.32 Å². The van der Waals surface area contributed by atoms with Crippen molar-refractivity contribution in [1.29, 1.82) is 0 Å². The second-order valence-electron chi connectivity index (χ2n) is 8.45. The first-order valence-electron chi connectivity index (χ1n) is 10.7. The van der Waals surface area contributed by atoms with E-state index in [1.54, 1.807) is 0 Å². The van der Waals surface area contributed by atoms with Gasteiger partial charge in [0.2, 0.25) is 0 Å². The number of benzene rings is 3. The van der Waals surface area contributed by atoms with Crippen LogP contribution in [0.4, 0.5) is 5.69 Å². The van der Waals surface area contributed by atoms with Gasteiger partial charge >= 0.3 is 0 Å². The summed E-state index contributed by atoms with van der Waals surface area (Å²) in [5.74, 6) is 0.145. The molecule has 4 nitrogen and oxygen atoms in total. The summed E-state index contributed by atoms with van der Waals surface area (Å²) in [7, 11) is 0. The van der Waals surface area contributed by atoms with Crippen LogP contribution >= 0.6 is 15.9 Å². The fourth-order valence-electron chi connectivity index (χ4n) is 5.03. The lowest BCUT2D eigenvalue weighted by atomic mass is 9.79. The van der Waals surface area contributed by atoms with Crippen molar-refractivity contribution < 1.29 is 9.90 Å². The van der Waals surface area contributed by atoms with E-state index in [9.17, 15) is 9.90 Å². The summed E-state index contributed by atoms with van der Waals surface area (Å²) in [6.45, 7) is 2.72. The molecule has 3 aromatic carbocycles. The molecule has 1 unspecified atom stereocenters. The van der Waals surface area contributed by atoms with E-state index in [1.807, 2.05) is 65.6 Å². The average molecular weight is 477 g/mol. The first-order valence-corrected chi connectivity index (χ1v) is 11.5. The van der Waals surface area contributed by atoms with Crippen molar-refractivity contribution in [3.63, 3.8) is 0 Å². The number of halogens is 1. The Labute approximate surface area is 191 Å². The fourth-order valence-corrected chi connectivity index (χ4v) is 5.62. The van der Waals surface area contributed by atoms with E-state index >= 15 is 0 Å². The Morgan fingerprint density at radius 2 is 1.71 bits per heavy atom. The molecule has 1 amide bonds. The number of aliphatic hydroxyl groups is 1. The summed E-state index contributed by atoms with van der Waals surface area (Å²) in [5, 5.41) is 14.8. The van der Waals surface area contributed by atoms with E-state index in [2.05, 4.69) is 40.3 Å². The van der Waals surface area contributed by atoms with Crippen LogP contribution < -0.4 is 10.2 Å². The van der Waals surface area contributed by atoms with Gasteiger partial charge < -0.3 is 15.3 Å². The van der Waals surface area contributed by atoms with Gasteiger partial charge in [-0.1, -0.05) is 64.5 Å². The maximum Gasteiger partial charge on any atom is 0.258 e. The molecule has 5 heteroatoms. The minimum absolute atomic E-state index is 0.0103. The van der Waals surface area contributed by atoms with E-state index in [0.29, 0.717) is 18.5 Å². The summed E-state index contributed by atoms with van der Waals surface area (Å²) < 4.78 is 0.974. The highest BCUT2D eigenvalue weighted by Crippen LogP contribution is 2.50. The molecule has 0 bridgehead atoms. The molecule has 5 rings (SSSR count). The van der Waals surface area contributed by atoms with Gasteiger partial charge in [0.15, 0.2) is 0 Å². The Morgan fingerprint density at radius 3 is 2.42 bits per heavy atom. The zero-order valence-corrected chi connectivity index (χ0v) is 18.9. The molecule has 1 aliphatic carbocycles. The first-order chi connectivity index (χ1) is 15.0. The van der Waals surface area contributed by atoms with Gasteiger partial charge in [-0.25, -0.2) is 0 Å². The predicted molar refractivity (Wildman–Crippen MR) is 126 cm³/mol. The van der Waals surface area contributed by atoms with E-state index in [1.165, 1.54) is 11.1 Å². The molecule has 0 saturated heterocycles. The molecule has 0 saturated carbocycles. The molecule has 0 spiro atoms. The highest BCUT2D eigenvalue weighted by atomic mass is 79.9. The molecule has 31 heavy (non-hydrogen) atoms. The Kier molecular flexibility index (Phi) is 5.42. The first kappa shape index (κ1) is 20.4. The maximum absolute atomic E-state index is 13.2. The van der Waals surface area contributed by atoms with Crippen LogP contribution in [-0.2, 0) is 0 Å². The summed E-state index contributed by atoms with van der Waals surface area (Å²) in [6.07, 6.45) is 0.107. The molecular formula is C26H25BrN2O2. The highest BCUT2D eigenvalue weighted by Gasteiger charge is 2.43. The van der Waals surface area contributed by atoms with Crippen LogP contribution in [0.5, 0.6) is 0 Å². The number of nitrogens with one attached hydrogen (secondary N) is 1. The van der Waals surface area contributed by atoms with E-state index < -0.39 is 6.10 Å². The van der Waals surface area contributed by atoms with Gasteiger partial charge in [0.1, 0.15) is 0 Å². The third-order valence-electron chi connectivity index (χ3n) is 6.53. The van der Waals surface area contributed by atoms with Crippen molar-refractivity contribution in [2.75, 3.05) is 11.4 Å². The standard InChI is InChI=1S/C26H25BrN2O2/c1-16(17-8-4-2-5-9-17)28-25-22(30)14-19-15-29(26(31)18-10-6-3-7-11-18)21-13-12-20(27)24(25)23(19)21/h2-13,16,19,22,25,28,30H,14-15H2,1H3/t16-,19?,22+,25-/m0/s1. The number of carbonyl (C=O) groups excluding carboxylic acids is 1. The molecule has 1 heterocycles. The summed E-state index contributed by atoms with van der Waals surface area (Å²) >= 11 is 3.73. The molecule has 2 N–H and O–H groups in total. The number of hydrogen-bond donors (Lipinski definition) is 2. The Balaban J connectivity index is 1.52. The molecule has 2 aliphatic rings. The van der Waals surface area contributed by atoms with Crippen molar-refractivity contribution in [2.45, 2.75) is 37.5 Å². The molecule has 4 atom stereocenters. The minimum atomic E-state index is -0.526. The predicted octanol–water partition coefficient (Wildman–Crippen LogP) is 5.35. The molecule has 3 aromatic rings. The smallest absolute Gasteiger partial charge is 0.258 e. The summed E-state index contributed by atoms with van der Waals surface area (Å²) in [6, 6.07) is 23.6. The van der Waals surface area contributed by atoms with Crippen LogP contribution in [0.3, 0.4) is 0 Å². The van der Waals surface area contributed by atoms with Crippen LogP contribution in [0.25, 0.3) is 0 Å². The van der Waals surface area contributed by atoms with E-state index in [4.69, 9.17) is 0 Å². The lowest BCUT2D eigenvalue weighted by Gasteiger charge is -2.36. The normalized spacial score (nSPS) is 22.8. The Bertz CT molecular complexity index is 1100. The topological polar surface area (TPSA) is 52.6 Å². The van der Waals surface area contributed by atoms with Crippen LogP contribution in [0, 0.1) is 0 Å². The molecule has 158 valence electrons. The molecular weight excluding hydrogens is 452 g/mol. The largest absolute Gasteiger partial charge is 0.391 e. The zero-order chi connectivity index (χ0) is 21.5. The number of rotatable bonds is 4. The fraction of sp³-hybridized carbons (Fsp3) is 0.269. The second kappa shape index (κ2) is 8.23. The van der Waals surface area contributed by atoms with E-state index in [-0.39, 0.29) is 23.9 Å². The number of nitrogens with zero attached hydrogens (tertiary/aromatic N) is 1. The lowest BCUT2D eigenvalue weighted by Crippen LogP contribution is -2.39. The van der Waals surface area contributed by atoms with Crippen molar-refractivity contribution >= 4 is 27.5 Å². The quantitative estimate of drug-likeness (QED) is 0.533. The monoisotopic (exact) mass is 476 g/mol. The van der Waals surface area contributed by atoms with Crippen LogP contribution in [0.2, 0.25) is 0 Å². The number of amides is 1. The summed E-state index contributed by atoms with van der Waals surface area (Å²) in [4.78, 5) is 15.1. The van der Waals surface area contributed by atoms with Crippen LogP contribution in [0.15, 0.2) is 77.3 Å². The zero-order valence-electron chi connectivity index (χ0n) is 17.3. The Hall–Kier alpha value is -2.47. The SMILES string of the molecule is C[C@H](N[C@@H]1c2c(Br)ccc3c2C(C[C@H]1O)CN3C(=O)c1ccccc1)c1ccccc1. The Morgan fingerprint density at radius 1 is 1.03 bits per heavy atom. The van der Waals surface area contributed by atoms with Crippen LogP contribution in [0.1, 0.15) is 58.4 Å².